The first-order valence-electron chi connectivity index (χ1n) is 7.93. The van der Waals surface area contributed by atoms with Gasteiger partial charge in [0.2, 0.25) is 0 Å². The van der Waals surface area contributed by atoms with E-state index in [0.717, 1.165) is 28.0 Å². The van der Waals surface area contributed by atoms with Crippen molar-refractivity contribution in [3.63, 3.8) is 0 Å². The molecule has 0 heterocycles. The van der Waals surface area contributed by atoms with Crippen LogP contribution in [0.3, 0.4) is 0 Å². The molecule has 2 aromatic rings. The highest BCUT2D eigenvalue weighted by Crippen LogP contribution is 2.17. The van der Waals surface area contributed by atoms with Gasteiger partial charge in [0.15, 0.2) is 0 Å². The summed E-state index contributed by atoms with van der Waals surface area (Å²) in [6, 6.07) is 13.4. The number of esters is 1. The summed E-state index contributed by atoms with van der Waals surface area (Å²) in [5.41, 5.74) is 4.89. The van der Waals surface area contributed by atoms with Crippen LogP contribution in [-0.2, 0) is 21.0 Å². The standard InChI is InChI=1S/C20H22N2O3/c1-13-7-5-9-16(11-13)15(3)22-25-12-18-14(2)8-6-10-17(18)19(21)20(23)24-4/h5-11,21H,12H2,1-4H3/b21-19?,22-15+. The van der Waals surface area contributed by atoms with Crippen LogP contribution in [-0.4, -0.2) is 24.5 Å². The fourth-order valence-corrected chi connectivity index (χ4v) is 2.46. The Hall–Kier alpha value is -2.95. The average Bonchev–Trinajstić information content (AvgIpc) is 2.61. The van der Waals surface area contributed by atoms with Crippen LogP contribution < -0.4 is 0 Å². The van der Waals surface area contributed by atoms with Crippen LogP contribution in [0, 0.1) is 19.3 Å². The van der Waals surface area contributed by atoms with Gasteiger partial charge in [0, 0.05) is 11.1 Å². The predicted molar refractivity (Wildman–Crippen MR) is 98.2 cm³/mol. The second-order valence-electron chi connectivity index (χ2n) is 5.79. The van der Waals surface area contributed by atoms with Gasteiger partial charge in [-0.05, 0) is 31.9 Å². The van der Waals surface area contributed by atoms with E-state index in [2.05, 4.69) is 9.89 Å². The largest absolute Gasteiger partial charge is 0.464 e. The molecule has 0 bridgehead atoms. The minimum Gasteiger partial charge on any atom is -0.464 e. The Morgan fingerprint density at radius 3 is 2.56 bits per heavy atom. The summed E-state index contributed by atoms with van der Waals surface area (Å²) in [5.74, 6) is -0.675. The van der Waals surface area contributed by atoms with Gasteiger partial charge in [-0.25, -0.2) is 4.79 Å². The maximum absolute atomic E-state index is 11.7. The van der Waals surface area contributed by atoms with Crippen molar-refractivity contribution < 1.29 is 14.4 Å². The monoisotopic (exact) mass is 338 g/mol. The van der Waals surface area contributed by atoms with Gasteiger partial charge in [-0.15, -0.1) is 0 Å². The number of benzene rings is 2. The summed E-state index contributed by atoms with van der Waals surface area (Å²) >= 11 is 0. The number of nitrogens with one attached hydrogen (secondary N) is 1. The van der Waals surface area contributed by atoms with Crippen molar-refractivity contribution in [1.29, 1.82) is 5.41 Å². The molecule has 0 fully saturated rings. The van der Waals surface area contributed by atoms with Crippen molar-refractivity contribution in [2.24, 2.45) is 5.16 Å². The number of methoxy groups -OCH3 is 1. The van der Waals surface area contributed by atoms with Crippen LogP contribution >= 0.6 is 0 Å². The smallest absolute Gasteiger partial charge is 0.356 e. The molecule has 0 aliphatic rings. The molecule has 2 rings (SSSR count). The second kappa shape index (κ2) is 8.24. The van der Waals surface area contributed by atoms with Crippen LogP contribution in [0.2, 0.25) is 0 Å². The molecule has 0 saturated heterocycles. The van der Waals surface area contributed by atoms with E-state index in [4.69, 9.17) is 10.2 Å². The zero-order valence-corrected chi connectivity index (χ0v) is 14.9. The fraction of sp³-hybridized carbons (Fsp3) is 0.250. The van der Waals surface area contributed by atoms with Crippen molar-refractivity contribution in [2.75, 3.05) is 7.11 Å². The minimum atomic E-state index is -0.675. The first-order chi connectivity index (χ1) is 11.9. The maximum atomic E-state index is 11.7. The SMILES string of the molecule is COC(=O)C(=N)c1cccc(C)c1CO/N=C(\C)c1cccc(C)c1. The molecule has 5 nitrogen and oxygen atoms in total. The molecule has 0 aromatic heterocycles. The Morgan fingerprint density at radius 2 is 1.88 bits per heavy atom. The molecular formula is C20H22N2O3. The maximum Gasteiger partial charge on any atom is 0.356 e. The molecule has 0 atom stereocenters. The fourth-order valence-electron chi connectivity index (χ4n) is 2.46. The van der Waals surface area contributed by atoms with E-state index in [1.807, 2.05) is 51.1 Å². The lowest BCUT2D eigenvalue weighted by molar-refractivity contribution is -0.132. The minimum absolute atomic E-state index is 0.171. The van der Waals surface area contributed by atoms with Gasteiger partial charge < -0.3 is 9.57 Å². The molecular weight excluding hydrogens is 316 g/mol. The number of hydrogen-bond acceptors (Lipinski definition) is 5. The lowest BCUT2D eigenvalue weighted by Gasteiger charge is -2.12. The van der Waals surface area contributed by atoms with Crippen molar-refractivity contribution >= 4 is 17.4 Å². The Morgan fingerprint density at radius 1 is 1.16 bits per heavy atom. The molecule has 0 radical (unpaired) electrons. The van der Waals surface area contributed by atoms with E-state index in [-0.39, 0.29) is 12.3 Å². The summed E-state index contributed by atoms with van der Waals surface area (Å²) in [4.78, 5) is 17.2. The predicted octanol–water partition coefficient (Wildman–Crippen LogP) is 3.79. The van der Waals surface area contributed by atoms with Crippen LogP contribution in [0.15, 0.2) is 47.6 Å². The highest BCUT2D eigenvalue weighted by molar-refractivity contribution is 6.42. The van der Waals surface area contributed by atoms with Gasteiger partial charge in [0.25, 0.3) is 0 Å². The van der Waals surface area contributed by atoms with Gasteiger partial charge in [-0.3, -0.25) is 5.41 Å². The number of ether oxygens (including phenoxy) is 1. The third-order valence-corrected chi connectivity index (χ3v) is 3.92. The number of aryl methyl sites for hydroxylation is 2. The quantitative estimate of drug-likeness (QED) is 0.495. The third-order valence-electron chi connectivity index (χ3n) is 3.92. The van der Waals surface area contributed by atoms with Gasteiger partial charge in [-0.1, -0.05) is 53.2 Å². The third kappa shape index (κ3) is 4.53. The number of rotatable bonds is 6. The zero-order chi connectivity index (χ0) is 18.4. The van der Waals surface area contributed by atoms with E-state index < -0.39 is 5.97 Å². The Bertz CT molecular complexity index is 825. The molecule has 1 N–H and O–H groups in total. The molecule has 0 unspecified atom stereocenters. The van der Waals surface area contributed by atoms with Gasteiger partial charge in [0.1, 0.15) is 12.3 Å². The summed E-state index contributed by atoms with van der Waals surface area (Å²) in [7, 11) is 1.26. The van der Waals surface area contributed by atoms with E-state index in [1.165, 1.54) is 7.11 Å². The van der Waals surface area contributed by atoms with Crippen LogP contribution in [0.1, 0.15) is 34.7 Å². The van der Waals surface area contributed by atoms with Gasteiger partial charge in [-0.2, -0.15) is 0 Å². The number of carbonyl (C=O) groups excluding carboxylic acids is 1. The number of carbonyl (C=O) groups is 1. The molecule has 0 saturated carbocycles. The van der Waals surface area contributed by atoms with E-state index in [0.29, 0.717) is 5.56 Å². The van der Waals surface area contributed by atoms with Crippen molar-refractivity contribution in [1.82, 2.24) is 0 Å². The molecule has 2 aromatic carbocycles. The Labute approximate surface area is 147 Å². The van der Waals surface area contributed by atoms with Crippen LogP contribution in [0.25, 0.3) is 0 Å². The summed E-state index contributed by atoms with van der Waals surface area (Å²) < 4.78 is 4.64. The highest BCUT2D eigenvalue weighted by Gasteiger charge is 2.17. The van der Waals surface area contributed by atoms with Crippen LogP contribution in [0.4, 0.5) is 0 Å². The van der Waals surface area contributed by atoms with E-state index in [1.54, 1.807) is 12.1 Å². The second-order valence-corrected chi connectivity index (χ2v) is 5.79. The van der Waals surface area contributed by atoms with E-state index >= 15 is 0 Å². The van der Waals surface area contributed by atoms with Crippen molar-refractivity contribution in [2.45, 2.75) is 27.4 Å². The lowest BCUT2D eigenvalue weighted by atomic mass is 9.99. The first kappa shape index (κ1) is 18.4. The Kier molecular flexibility index (Phi) is 6.06. The molecule has 0 aliphatic heterocycles. The molecule has 0 aliphatic carbocycles. The molecule has 5 heteroatoms. The molecule has 130 valence electrons. The van der Waals surface area contributed by atoms with Crippen LogP contribution in [0.5, 0.6) is 0 Å². The molecule has 0 amide bonds. The summed E-state index contributed by atoms with van der Waals surface area (Å²) in [6.45, 7) is 5.98. The van der Waals surface area contributed by atoms with E-state index in [9.17, 15) is 4.79 Å². The zero-order valence-electron chi connectivity index (χ0n) is 14.9. The molecule has 0 spiro atoms. The number of hydrogen-bond donors (Lipinski definition) is 1. The van der Waals surface area contributed by atoms with Gasteiger partial charge in [0.05, 0.1) is 12.8 Å². The normalized spacial score (nSPS) is 11.1. The average molecular weight is 338 g/mol. The number of nitrogens with zero attached hydrogens (tertiary/aromatic N) is 1. The van der Waals surface area contributed by atoms with Crippen molar-refractivity contribution in [3.8, 4) is 0 Å². The summed E-state index contributed by atoms with van der Waals surface area (Å²) in [6.07, 6.45) is 0. The molecule has 25 heavy (non-hydrogen) atoms. The first-order valence-corrected chi connectivity index (χ1v) is 7.93. The number of oxime groups is 1. The summed E-state index contributed by atoms with van der Waals surface area (Å²) in [5, 5.41) is 12.2. The highest BCUT2D eigenvalue weighted by atomic mass is 16.6. The Balaban J connectivity index is 2.19. The van der Waals surface area contributed by atoms with Gasteiger partial charge >= 0.3 is 5.97 Å². The lowest BCUT2D eigenvalue weighted by Crippen LogP contribution is -2.18. The van der Waals surface area contributed by atoms with Crippen molar-refractivity contribution in [3.05, 3.63) is 70.3 Å². The topological polar surface area (TPSA) is 71.7 Å².